The maximum atomic E-state index is 12.3. The van der Waals surface area contributed by atoms with Crippen LogP contribution in [0.3, 0.4) is 0 Å². The predicted molar refractivity (Wildman–Crippen MR) is 95.8 cm³/mol. The number of carbonyl (C=O) groups is 1. The number of hydrazine groups is 1. The van der Waals surface area contributed by atoms with Gasteiger partial charge in [-0.3, -0.25) is 10.2 Å². The number of rotatable bonds is 7. The van der Waals surface area contributed by atoms with Crippen molar-refractivity contribution < 1.29 is 22.7 Å². The smallest absolute Gasteiger partial charge is 0.276 e. The van der Waals surface area contributed by atoms with E-state index in [0.29, 0.717) is 10.6 Å². The van der Waals surface area contributed by atoms with Gasteiger partial charge in [-0.05, 0) is 37.1 Å². The number of thiophene rings is 1. The molecular formula is C16H20N2O5S2. The Morgan fingerprint density at radius 2 is 1.84 bits per heavy atom. The first-order valence-corrected chi connectivity index (χ1v) is 9.75. The van der Waals surface area contributed by atoms with Crippen LogP contribution in [0.25, 0.3) is 0 Å². The SMILES string of the molecule is CCc1sc(C(=O)NNS(=O)(=O)c2ccc(OC)c(OC)c2)cc1C. The number of sulfonamides is 1. The predicted octanol–water partition coefficient (Wildman–Crippen LogP) is 2.26. The number of hydrogen-bond donors (Lipinski definition) is 2. The summed E-state index contributed by atoms with van der Waals surface area (Å²) in [6.07, 6.45) is 0.821. The topological polar surface area (TPSA) is 93.7 Å². The Morgan fingerprint density at radius 1 is 1.16 bits per heavy atom. The molecule has 1 amide bonds. The van der Waals surface area contributed by atoms with Gasteiger partial charge in [-0.25, -0.2) is 8.42 Å². The number of nitrogens with one attached hydrogen (secondary N) is 2. The van der Waals surface area contributed by atoms with Gasteiger partial charge in [-0.15, -0.1) is 16.2 Å². The third kappa shape index (κ3) is 4.30. The highest BCUT2D eigenvalue weighted by atomic mass is 32.2. The minimum absolute atomic E-state index is 0.0537. The monoisotopic (exact) mass is 384 g/mol. The third-order valence-corrected chi connectivity index (χ3v) is 6.16. The second kappa shape index (κ2) is 7.85. The minimum Gasteiger partial charge on any atom is -0.493 e. The number of methoxy groups -OCH3 is 2. The molecule has 0 atom stereocenters. The van der Waals surface area contributed by atoms with Crippen molar-refractivity contribution in [3.63, 3.8) is 0 Å². The molecule has 25 heavy (non-hydrogen) atoms. The number of hydrogen-bond acceptors (Lipinski definition) is 6. The van der Waals surface area contributed by atoms with Gasteiger partial charge < -0.3 is 9.47 Å². The Hall–Kier alpha value is -2.10. The second-order valence-corrected chi connectivity index (χ2v) is 7.97. The van der Waals surface area contributed by atoms with Gasteiger partial charge in [-0.2, -0.15) is 0 Å². The van der Waals surface area contributed by atoms with Crippen molar-refractivity contribution in [2.45, 2.75) is 25.2 Å². The zero-order valence-electron chi connectivity index (χ0n) is 14.4. The molecule has 0 aliphatic rings. The summed E-state index contributed by atoms with van der Waals surface area (Å²) in [5.74, 6) is 0.182. The van der Waals surface area contributed by atoms with Crippen LogP contribution < -0.4 is 19.7 Å². The van der Waals surface area contributed by atoms with Crippen LogP contribution in [-0.2, 0) is 16.4 Å². The zero-order valence-corrected chi connectivity index (χ0v) is 16.0. The fraction of sp³-hybridized carbons (Fsp3) is 0.312. The van der Waals surface area contributed by atoms with Crippen molar-refractivity contribution in [2.75, 3.05) is 14.2 Å². The third-order valence-electron chi connectivity index (χ3n) is 3.53. The van der Waals surface area contributed by atoms with E-state index in [1.165, 1.54) is 43.8 Å². The van der Waals surface area contributed by atoms with Crippen molar-refractivity contribution in [1.82, 2.24) is 10.3 Å². The molecule has 2 rings (SSSR count). The highest BCUT2D eigenvalue weighted by Crippen LogP contribution is 2.29. The van der Waals surface area contributed by atoms with E-state index in [2.05, 4.69) is 10.3 Å². The number of benzene rings is 1. The number of carbonyl (C=O) groups excluding carboxylic acids is 1. The fourth-order valence-corrected chi connectivity index (χ4v) is 4.06. The molecule has 0 fully saturated rings. The van der Waals surface area contributed by atoms with E-state index in [4.69, 9.17) is 9.47 Å². The van der Waals surface area contributed by atoms with Crippen molar-refractivity contribution in [3.05, 3.63) is 39.6 Å². The summed E-state index contributed by atoms with van der Waals surface area (Å²) in [5.41, 5.74) is 3.24. The van der Waals surface area contributed by atoms with Gasteiger partial charge in [0.15, 0.2) is 11.5 Å². The maximum absolute atomic E-state index is 12.3. The van der Waals surface area contributed by atoms with Crippen LogP contribution >= 0.6 is 11.3 Å². The molecule has 7 nitrogen and oxygen atoms in total. The summed E-state index contributed by atoms with van der Waals surface area (Å²) in [6.45, 7) is 3.92. The van der Waals surface area contributed by atoms with Gasteiger partial charge >= 0.3 is 0 Å². The van der Waals surface area contributed by atoms with E-state index in [1.54, 1.807) is 6.07 Å². The van der Waals surface area contributed by atoms with Crippen LogP contribution in [0.15, 0.2) is 29.2 Å². The molecule has 0 unspecified atom stereocenters. The average Bonchev–Trinajstić information content (AvgIpc) is 2.99. The van der Waals surface area contributed by atoms with Crippen LogP contribution in [0.4, 0.5) is 0 Å². The number of aryl methyl sites for hydroxylation is 2. The van der Waals surface area contributed by atoms with Crippen LogP contribution in [0.5, 0.6) is 11.5 Å². The summed E-state index contributed by atoms with van der Waals surface area (Å²) >= 11 is 1.34. The Balaban J connectivity index is 2.14. The van der Waals surface area contributed by atoms with Crippen LogP contribution in [0, 0.1) is 6.92 Å². The molecule has 2 aromatic rings. The van der Waals surface area contributed by atoms with Crippen molar-refractivity contribution in [3.8, 4) is 11.5 Å². The Labute approximate surface area is 151 Å². The molecule has 2 N–H and O–H groups in total. The van der Waals surface area contributed by atoms with E-state index >= 15 is 0 Å². The van der Waals surface area contributed by atoms with E-state index in [9.17, 15) is 13.2 Å². The Morgan fingerprint density at radius 3 is 2.40 bits per heavy atom. The molecular weight excluding hydrogens is 364 g/mol. The van der Waals surface area contributed by atoms with Crippen LogP contribution in [-0.4, -0.2) is 28.5 Å². The van der Waals surface area contributed by atoms with Crippen molar-refractivity contribution in [2.24, 2.45) is 0 Å². The van der Waals surface area contributed by atoms with Gasteiger partial charge in [0.05, 0.1) is 24.0 Å². The lowest BCUT2D eigenvalue weighted by molar-refractivity contribution is 0.0949. The number of ether oxygens (including phenoxy) is 2. The lowest BCUT2D eigenvalue weighted by Crippen LogP contribution is -2.41. The normalized spacial score (nSPS) is 11.2. The van der Waals surface area contributed by atoms with Gasteiger partial charge in [-0.1, -0.05) is 6.92 Å². The Kier molecular flexibility index (Phi) is 6.04. The van der Waals surface area contributed by atoms with E-state index in [0.717, 1.165) is 16.9 Å². The lowest BCUT2D eigenvalue weighted by atomic mass is 10.2. The summed E-state index contributed by atoms with van der Waals surface area (Å²) in [5, 5.41) is 0. The summed E-state index contributed by atoms with van der Waals surface area (Å²) in [6, 6.07) is 5.90. The lowest BCUT2D eigenvalue weighted by Gasteiger charge is -2.11. The standard InChI is InChI=1S/C16H20N2O5S2/c1-5-14-10(2)8-15(24-14)16(19)17-18-25(20,21)11-6-7-12(22-3)13(9-11)23-4/h6-9,18H,5H2,1-4H3,(H,17,19). The molecule has 0 radical (unpaired) electrons. The van der Waals surface area contributed by atoms with E-state index < -0.39 is 15.9 Å². The molecule has 136 valence electrons. The molecule has 0 spiro atoms. The van der Waals surface area contributed by atoms with Crippen LogP contribution in [0.1, 0.15) is 27.0 Å². The van der Waals surface area contributed by atoms with Gasteiger partial charge in [0.1, 0.15) is 0 Å². The van der Waals surface area contributed by atoms with Gasteiger partial charge in [0, 0.05) is 10.9 Å². The first kappa shape index (κ1) is 19.2. The van der Waals surface area contributed by atoms with Crippen molar-refractivity contribution in [1.29, 1.82) is 0 Å². The summed E-state index contributed by atoms with van der Waals surface area (Å²) < 4.78 is 34.9. The van der Waals surface area contributed by atoms with Crippen LogP contribution in [0.2, 0.25) is 0 Å². The van der Waals surface area contributed by atoms with Crippen molar-refractivity contribution >= 4 is 27.3 Å². The molecule has 0 aliphatic carbocycles. The molecule has 0 saturated heterocycles. The van der Waals surface area contributed by atoms with Gasteiger partial charge in [0.2, 0.25) is 0 Å². The molecule has 9 heteroatoms. The first-order chi connectivity index (χ1) is 11.8. The van der Waals surface area contributed by atoms with E-state index in [1.807, 2.05) is 13.8 Å². The fourth-order valence-electron chi connectivity index (χ4n) is 2.20. The van der Waals surface area contributed by atoms with E-state index in [-0.39, 0.29) is 10.6 Å². The highest BCUT2D eigenvalue weighted by Gasteiger charge is 2.19. The molecule has 0 bridgehead atoms. The summed E-state index contributed by atoms with van der Waals surface area (Å²) in [7, 11) is -1.08. The summed E-state index contributed by atoms with van der Waals surface area (Å²) in [4.78, 5) is 15.7. The average molecular weight is 384 g/mol. The minimum atomic E-state index is -3.94. The van der Waals surface area contributed by atoms with Gasteiger partial charge in [0.25, 0.3) is 15.9 Å². The highest BCUT2D eigenvalue weighted by molar-refractivity contribution is 7.89. The largest absolute Gasteiger partial charge is 0.493 e. The molecule has 1 heterocycles. The first-order valence-electron chi connectivity index (χ1n) is 7.45. The molecule has 1 aromatic carbocycles. The molecule has 1 aromatic heterocycles. The number of amides is 1. The maximum Gasteiger partial charge on any atom is 0.276 e. The quantitative estimate of drug-likeness (QED) is 0.714. The second-order valence-electron chi connectivity index (χ2n) is 5.15. The zero-order chi connectivity index (χ0) is 18.6. The molecule has 0 saturated carbocycles. The Bertz CT molecular complexity index is 875. The molecule has 0 aliphatic heterocycles.